The molecule has 0 fully saturated rings. The van der Waals surface area contributed by atoms with E-state index in [0.29, 0.717) is 11.3 Å². The topological polar surface area (TPSA) is 103 Å². The van der Waals surface area contributed by atoms with Crippen molar-refractivity contribution in [2.24, 2.45) is 0 Å². The number of carbonyl (C=O) groups is 2. The van der Waals surface area contributed by atoms with E-state index in [9.17, 15) is 14.4 Å². The van der Waals surface area contributed by atoms with Gasteiger partial charge in [0, 0.05) is 12.3 Å². The van der Waals surface area contributed by atoms with Gasteiger partial charge >= 0.3 is 5.97 Å². The highest BCUT2D eigenvalue weighted by molar-refractivity contribution is 5.93. The first-order chi connectivity index (χ1) is 12.0. The van der Waals surface area contributed by atoms with Gasteiger partial charge in [-0.05, 0) is 30.7 Å². The number of fused-ring (bicyclic) bond motifs is 1. The van der Waals surface area contributed by atoms with Crippen LogP contribution in [-0.4, -0.2) is 27.8 Å². The largest absolute Gasteiger partial charge is 0.459 e. The molecule has 8 nitrogen and oxygen atoms in total. The summed E-state index contributed by atoms with van der Waals surface area (Å²) in [5.74, 6) is -1.06. The minimum Gasteiger partial charge on any atom is -0.459 e. The second-order valence-electron chi connectivity index (χ2n) is 5.29. The molecule has 1 N–H and O–H groups in total. The van der Waals surface area contributed by atoms with Crippen molar-refractivity contribution >= 4 is 17.5 Å². The molecule has 0 saturated carbocycles. The van der Waals surface area contributed by atoms with Crippen LogP contribution in [-0.2, 0) is 16.1 Å². The smallest absolute Gasteiger partial charge is 0.325 e. The van der Waals surface area contributed by atoms with E-state index in [2.05, 4.69) is 10.3 Å². The zero-order valence-corrected chi connectivity index (χ0v) is 13.4. The van der Waals surface area contributed by atoms with Crippen molar-refractivity contribution in [2.75, 3.05) is 6.54 Å². The maximum absolute atomic E-state index is 12.1. The third-order valence-corrected chi connectivity index (χ3v) is 3.46. The van der Waals surface area contributed by atoms with Gasteiger partial charge in [-0.1, -0.05) is 6.07 Å². The fraction of sp³-hybridized carbons (Fsp3) is 0.176. The van der Waals surface area contributed by atoms with E-state index in [1.165, 1.54) is 22.8 Å². The Morgan fingerprint density at radius 2 is 2.16 bits per heavy atom. The molecule has 0 aliphatic rings. The number of pyridine rings is 1. The van der Waals surface area contributed by atoms with E-state index >= 15 is 0 Å². The van der Waals surface area contributed by atoms with Crippen molar-refractivity contribution in [3.05, 3.63) is 70.2 Å². The first-order valence-corrected chi connectivity index (χ1v) is 7.50. The third kappa shape index (κ3) is 3.74. The fourth-order valence-corrected chi connectivity index (χ4v) is 2.24. The maximum Gasteiger partial charge on any atom is 0.325 e. The Labute approximate surface area is 142 Å². The van der Waals surface area contributed by atoms with Crippen molar-refractivity contribution in [3.8, 4) is 0 Å². The molecule has 3 rings (SSSR count). The molecule has 0 bridgehead atoms. The van der Waals surface area contributed by atoms with E-state index in [1.807, 2.05) is 13.0 Å². The van der Waals surface area contributed by atoms with Crippen LogP contribution in [0.15, 0.2) is 52.0 Å². The molecule has 0 radical (unpaired) electrons. The van der Waals surface area contributed by atoms with Crippen LogP contribution in [0.3, 0.4) is 0 Å². The van der Waals surface area contributed by atoms with Crippen LogP contribution >= 0.6 is 0 Å². The molecular weight excluding hydrogens is 326 g/mol. The van der Waals surface area contributed by atoms with Gasteiger partial charge in [0.15, 0.2) is 5.76 Å². The molecule has 0 unspecified atom stereocenters. The normalized spacial score (nSPS) is 10.6. The van der Waals surface area contributed by atoms with E-state index in [4.69, 9.17) is 9.15 Å². The number of esters is 1. The van der Waals surface area contributed by atoms with E-state index in [0.717, 1.165) is 5.56 Å². The Morgan fingerprint density at radius 3 is 2.92 bits per heavy atom. The lowest BCUT2D eigenvalue weighted by Crippen LogP contribution is -2.30. The van der Waals surface area contributed by atoms with Gasteiger partial charge in [0.1, 0.15) is 18.8 Å². The molecule has 0 aromatic carbocycles. The minimum atomic E-state index is -0.647. The number of aryl methyl sites for hydroxylation is 1. The summed E-state index contributed by atoms with van der Waals surface area (Å²) < 4.78 is 11.4. The fourth-order valence-electron chi connectivity index (χ4n) is 2.24. The first-order valence-electron chi connectivity index (χ1n) is 7.50. The van der Waals surface area contributed by atoms with Crippen molar-refractivity contribution in [3.63, 3.8) is 0 Å². The van der Waals surface area contributed by atoms with Crippen molar-refractivity contribution in [1.82, 2.24) is 14.7 Å². The van der Waals surface area contributed by atoms with Crippen molar-refractivity contribution in [2.45, 2.75) is 13.5 Å². The lowest BCUT2D eigenvalue weighted by molar-refractivity contribution is -0.143. The molecule has 128 valence electrons. The van der Waals surface area contributed by atoms with Gasteiger partial charge in [0.25, 0.3) is 11.5 Å². The minimum absolute atomic E-state index is 0.104. The van der Waals surface area contributed by atoms with Crippen molar-refractivity contribution < 1.29 is 18.7 Å². The Morgan fingerprint density at radius 1 is 1.32 bits per heavy atom. The standard InChI is InChI=1S/C17H15N3O5/c1-11-4-2-6-20-14(21)8-12(19-16(11)20)10-25-15(22)9-18-17(23)13-5-3-7-24-13/h2-8H,9-10H2,1H3,(H,18,23). The summed E-state index contributed by atoms with van der Waals surface area (Å²) in [6.07, 6.45) is 2.98. The number of hydrogen-bond acceptors (Lipinski definition) is 6. The number of nitrogens with one attached hydrogen (secondary N) is 1. The number of nitrogens with zero attached hydrogens (tertiary/aromatic N) is 2. The van der Waals surface area contributed by atoms with Crippen molar-refractivity contribution in [1.29, 1.82) is 0 Å². The molecule has 25 heavy (non-hydrogen) atoms. The average Bonchev–Trinajstić information content (AvgIpc) is 3.13. The summed E-state index contributed by atoms with van der Waals surface area (Å²) in [4.78, 5) is 39.8. The van der Waals surface area contributed by atoms with Crippen LogP contribution in [0.4, 0.5) is 0 Å². The average molecular weight is 341 g/mol. The molecule has 3 aromatic heterocycles. The van der Waals surface area contributed by atoms with Gasteiger partial charge in [0.2, 0.25) is 0 Å². The number of carbonyl (C=O) groups excluding carboxylic acids is 2. The van der Waals surface area contributed by atoms with Crippen LogP contribution in [0.25, 0.3) is 5.65 Å². The van der Waals surface area contributed by atoms with Gasteiger partial charge < -0.3 is 14.5 Å². The molecule has 0 aliphatic carbocycles. The van der Waals surface area contributed by atoms with Gasteiger partial charge in [-0.15, -0.1) is 0 Å². The van der Waals surface area contributed by atoms with Gasteiger partial charge in [-0.3, -0.25) is 18.8 Å². The van der Waals surface area contributed by atoms with Crippen LogP contribution in [0.5, 0.6) is 0 Å². The molecule has 8 heteroatoms. The third-order valence-electron chi connectivity index (χ3n) is 3.46. The molecule has 0 atom stereocenters. The van der Waals surface area contributed by atoms with Gasteiger partial charge in [-0.2, -0.15) is 0 Å². The number of furan rings is 1. The van der Waals surface area contributed by atoms with E-state index in [-0.39, 0.29) is 24.5 Å². The quantitative estimate of drug-likeness (QED) is 0.696. The lowest BCUT2D eigenvalue weighted by Gasteiger charge is -2.07. The van der Waals surface area contributed by atoms with Gasteiger partial charge in [0.05, 0.1) is 12.0 Å². The predicted molar refractivity (Wildman–Crippen MR) is 87.0 cm³/mol. The van der Waals surface area contributed by atoms with E-state index < -0.39 is 11.9 Å². The molecule has 3 aromatic rings. The summed E-state index contributed by atoms with van der Waals surface area (Å²) >= 11 is 0. The number of hydrogen-bond donors (Lipinski definition) is 1. The zero-order valence-electron chi connectivity index (χ0n) is 13.4. The van der Waals surface area contributed by atoms with Crippen LogP contribution < -0.4 is 10.9 Å². The summed E-state index contributed by atoms with van der Waals surface area (Å²) in [6.45, 7) is 1.36. The second-order valence-corrected chi connectivity index (χ2v) is 5.29. The number of ether oxygens (including phenoxy) is 1. The molecule has 0 spiro atoms. The Kier molecular flexibility index (Phi) is 4.60. The monoisotopic (exact) mass is 341 g/mol. The number of aromatic nitrogens is 2. The van der Waals surface area contributed by atoms with Gasteiger partial charge in [-0.25, -0.2) is 4.98 Å². The Bertz CT molecular complexity index is 976. The summed E-state index contributed by atoms with van der Waals surface area (Å²) in [7, 11) is 0. The highest BCUT2D eigenvalue weighted by Crippen LogP contribution is 2.06. The molecule has 1 amide bonds. The first kappa shape index (κ1) is 16.4. The molecule has 0 aliphatic heterocycles. The molecular formula is C17H15N3O5. The molecule has 3 heterocycles. The summed E-state index contributed by atoms with van der Waals surface area (Å²) in [5.41, 5.74) is 1.42. The predicted octanol–water partition coefficient (Wildman–Crippen LogP) is 1.07. The highest BCUT2D eigenvalue weighted by Gasteiger charge is 2.12. The Hall–Kier alpha value is -3.42. The van der Waals surface area contributed by atoms with Crippen LogP contribution in [0, 0.1) is 6.92 Å². The van der Waals surface area contributed by atoms with Crippen LogP contribution in [0.1, 0.15) is 21.8 Å². The maximum atomic E-state index is 12.1. The summed E-state index contributed by atoms with van der Waals surface area (Å²) in [5, 5.41) is 2.38. The SMILES string of the molecule is Cc1cccn2c(=O)cc(COC(=O)CNC(=O)c3ccco3)nc12. The number of amides is 1. The van der Waals surface area contributed by atoms with Crippen LogP contribution in [0.2, 0.25) is 0 Å². The zero-order chi connectivity index (χ0) is 17.8. The molecule has 0 saturated heterocycles. The second kappa shape index (κ2) is 7.00. The summed E-state index contributed by atoms with van der Waals surface area (Å²) in [6, 6.07) is 7.95. The van der Waals surface area contributed by atoms with E-state index in [1.54, 1.807) is 18.3 Å². The highest BCUT2D eigenvalue weighted by atomic mass is 16.5. The Balaban J connectivity index is 1.60. The number of rotatable bonds is 5. The lowest BCUT2D eigenvalue weighted by atomic mass is 10.3.